The van der Waals surface area contributed by atoms with E-state index in [0.717, 1.165) is 17.0 Å². The van der Waals surface area contributed by atoms with Gasteiger partial charge in [0.15, 0.2) is 0 Å². The summed E-state index contributed by atoms with van der Waals surface area (Å²) in [6.45, 7) is 4.54. The quantitative estimate of drug-likeness (QED) is 0.648. The van der Waals surface area contributed by atoms with Gasteiger partial charge in [-0.1, -0.05) is 12.1 Å². The molecule has 2 aromatic carbocycles. The molecule has 3 aromatic rings. The topological polar surface area (TPSA) is 91.0 Å². The molecule has 1 unspecified atom stereocenters. The third kappa shape index (κ3) is 4.68. The lowest BCUT2D eigenvalue weighted by Gasteiger charge is -2.23. The molecule has 1 aliphatic rings. The van der Waals surface area contributed by atoms with Gasteiger partial charge >= 0.3 is 0 Å². The molecule has 1 atom stereocenters. The Bertz CT molecular complexity index is 1200. The lowest BCUT2D eigenvalue weighted by Crippen LogP contribution is -2.44. The molecule has 2 heterocycles. The lowest BCUT2D eigenvalue weighted by atomic mass is 10.1. The molecular formula is C24H23N5O2S. The third-order valence-corrected chi connectivity index (χ3v) is 6.35. The van der Waals surface area contributed by atoms with Gasteiger partial charge in [-0.15, -0.1) is 11.8 Å². The first-order chi connectivity index (χ1) is 15.4. The minimum absolute atomic E-state index is 0.162. The molecule has 0 saturated carbocycles. The van der Waals surface area contributed by atoms with Crippen LogP contribution < -0.4 is 5.32 Å². The van der Waals surface area contributed by atoms with Crippen molar-refractivity contribution in [2.75, 3.05) is 16.9 Å². The Labute approximate surface area is 191 Å². The van der Waals surface area contributed by atoms with E-state index in [4.69, 9.17) is 5.26 Å². The molecule has 7 nitrogen and oxygen atoms in total. The average molecular weight is 446 g/mol. The molecule has 32 heavy (non-hydrogen) atoms. The number of benzene rings is 2. The van der Waals surface area contributed by atoms with Crippen LogP contribution >= 0.6 is 11.8 Å². The number of nitrogens with one attached hydrogen (secondary N) is 1. The number of thioether (sulfide) groups is 1. The van der Waals surface area contributed by atoms with E-state index in [1.165, 1.54) is 0 Å². The Morgan fingerprint density at radius 3 is 2.66 bits per heavy atom. The molecule has 0 bridgehead atoms. The minimum atomic E-state index is -0.553. The highest BCUT2D eigenvalue weighted by atomic mass is 32.2. The fraction of sp³-hybridized carbons (Fsp3) is 0.250. The van der Waals surface area contributed by atoms with Crippen LogP contribution in [0.15, 0.2) is 54.6 Å². The van der Waals surface area contributed by atoms with Crippen molar-refractivity contribution in [2.24, 2.45) is 0 Å². The predicted molar refractivity (Wildman–Crippen MR) is 124 cm³/mol. The van der Waals surface area contributed by atoms with Crippen LogP contribution in [0.5, 0.6) is 0 Å². The van der Waals surface area contributed by atoms with Gasteiger partial charge < -0.3 is 10.2 Å². The number of aryl methyl sites for hydroxylation is 2. The smallest absolute Gasteiger partial charge is 0.255 e. The molecule has 0 aliphatic carbocycles. The lowest BCUT2D eigenvalue weighted by molar-refractivity contribution is -0.119. The maximum atomic E-state index is 13.2. The molecule has 1 N–H and O–H groups in total. The molecular weight excluding hydrogens is 422 g/mol. The number of nitrogens with zero attached hydrogens (tertiary/aromatic N) is 4. The molecule has 1 fully saturated rings. The molecule has 1 aliphatic heterocycles. The molecule has 0 radical (unpaired) electrons. The van der Waals surface area contributed by atoms with Crippen molar-refractivity contribution in [3.8, 4) is 6.07 Å². The Hall–Kier alpha value is -3.57. The Morgan fingerprint density at radius 1 is 1.19 bits per heavy atom. The zero-order valence-corrected chi connectivity index (χ0v) is 18.7. The molecule has 8 heteroatoms. The number of aromatic nitrogens is 2. The summed E-state index contributed by atoms with van der Waals surface area (Å²) in [6, 6.07) is 17.7. The van der Waals surface area contributed by atoms with Crippen molar-refractivity contribution in [3.63, 3.8) is 0 Å². The average Bonchev–Trinajstić information content (AvgIpc) is 3.40. The monoisotopic (exact) mass is 445 g/mol. The van der Waals surface area contributed by atoms with E-state index >= 15 is 0 Å². The van der Waals surface area contributed by atoms with Crippen LogP contribution in [-0.4, -0.2) is 44.2 Å². The van der Waals surface area contributed by atoms with Crippen molar-refractivity contribution in [2.45, 2.75) is 26.4 Å². The number of rotatable bonds is 5. The van der Waals surface area contributed by atoms with E-state index in [-0.39, 0.29) is 11.8 Å². The van der Waals surface area contributed by atoms with E-state index in [0.29, 0.717) is 35.0 Å². The Kier molecular flexibility index (Phi) is 6.28. The second-order valence-electron chi connectivity index (χ2n) is 7.75. The second-order valence-corrected chi connectivity index (χ2v) is 8.75. The molecule has 1 aromatic heterocycles. The van der Waals surface area contributed by atoms with Crippen molar-refractivity contribution in [1.82, 2.24) is 14.7 Å². The standard InChI is InChI=1S/C24H23N5O2S/c1-16-10-17(2)29(27-16)13-19-4-3-5-20(11-19)24(31)28-15-32-14-22(28)23(30)26-21-8-6-18(12-25)7-9-21/h3-11,22H,13-15H2,1-2H3,(H,26,30). The molecule has 0 spiro atoms. The Balaban J connectivity index is 1.47. The summed E-state index contributed by atoms with van der Waals surface area (Å²) in [5.74, 6) is 0.614. The number of amides is 2. The van der Waals surface area contributed by atoms with Gasteiger partial charge in [-0.3, -0.25) is 14.3 Å². The summed E-state index contributed by atoms with van der Waals surface area (Å²) in [5, 5.41) is 16.3. The van der Waals surface area contributed by atoms with E-state index in [2.05, 4.69) is 16.5 Å². The van der Waals surface area contributed by atoms with E-state index in [9.17, 15) is 9.59 Å². The highest BCUT2D eigenvalue weighted by Crippen LogP contribution is 2.25. The number of hydrogen-bond acceptors (Lipinski definition) is 5. The van der Waals surface area contributed by atoms with Crippen LogP contribution in [0.25, 0.3) is 0 Å². The van der Waals surface area contributed by atoms with Crippen molar-refractivity contribution < 1.29 is 9.59 Å². The van der Waals surface area contributed by atoms with E-state index in [1.807, 2.05) is 42.8 Å². The number of carbonyl (C=O) groups is 2. The number of carbonyl (C=O) groups excluding carboxylic acids is 2. The van der Waals surface area contributed by atoms with Crippen LogP contribution in [-0.2, 0) is 11.3 Å². The maximum absolute atomic E-state index is 13.2. The van der Waals surface area contributed by atoms with Crippen molar-refractivity contribution >= 4 is 29.3 Å². The highest BCUT2D eigenvalue weighted by molar-refractivity contribution is 7.99. The fourth-order valence-corrected chi connectivity index (χ4v) is 4.84. The molecule has 4 rings (SSSR count). The van der Waals surface area contributed by atoms with Gasteiger partial charge in [0.1, 0.15) is 6.04 Å². The van der Waals surface area contributed by atoms with Gasteiger partial charge in [-0.2, -0.15) is 10.4 Å². The normalized spacial score (nSPS) is 15.4. The zero-order valence-electron chi connectivity index (χ0n) is 17.9. The zero-order chi connectivity index (χ0) is 22.7. The van der Waals surface area contributed by atoms with Crippen molar-refractivity contribution in [3.05, 3.63) is 82.7 Å². The summed E-state index contributed by atoms with van der Waals surface area (Å²) in [7, 11) is 0. The minimum Gasteiger partial charge on any atom is -0.324 e. The van der Waals surface area contributed by atoms with Gasteiger partial charge in [0.25, 0.3) is 5.91 Å². The first-order valence-corrected chi connectivity index (χ1v) is 11.4. The summed E-state index contributed by atoms with van der Waals surface area (Å²) < 4.78 is 1.92. The predicted octanol–water partition coefficient (Wildman–Crippen LogP) is 3.57. The van der Waals surface area contributed by atoms with Gasteiger partial charge in [-0.05, 0) is 61.9 Å². The van der Waals surface area contributed by atoms with Crippen LogP contribution in [0.3, 0.4) is 0 Å². The van der Waals surface area contributed by atoms with Crippen molar-refractivity contribution in [1.29, 1.82) is 5.26 Å². The molecule has 162 valence electrons. The third-order valence-electron chi connectivity index (χ3n) is 5.34. The van der Waals surface area contributed by atoms with Gasteiger partial charge in [0, 0.05) is 22.7 Å². The van der Waals surface area contributed by atoms with Crippen LogP contribution in [0, 0.1) is 25.2 Å². The SMILES string of the molecule is Cc1cc(C)n(Cc2cccc(C(=O)N3CSCC3C(=O)Nc3ccc(C#N)cc3)c2)n1. The first-order valence-electron chi connectivity index (χ1n) is 10.2. The summed E-state index contributed by atoms with van der Waals surface area (Å²) in [4.78, 5) is 27.7. The van der Waals surface area contributed by atoms with Gasteiger partial charge in [-0.25, -0.2) is 0 Å². The van der Waals surface area contributed by atoms with Gasteiger partial charge in [0.2, 0.25) is 5.91 Å². The van der Waals surface area contributed by atoms with Crippen LogP contribution in [0.4, 0.5) is 5.69 Å². The highest BCUT2D eigenvalue weighted by Gasteiger charge is 2.35. The summed E-state index contributed by atoms with van der Waals surface area (Å²) >= 11 is 1.56. The maximum Gasteiger partial charge on any atom is 0.255 e. The second kappa shape index (κ2) is 9.28. The fourth-order valence-electron chi connectivity index (χ4n) is 3.69. The van der Waals surface area contributed by atoms with Gasteiger partial charge in [0.05, 0.1) is 29.7 Å². The molecule has 1 saturated heterocycles. The first kappa shape index (κ1) is 21.7. The summed E-state index contributed by atoms with van der Waals surface area (Å²) in [6.07, 6.45) is 0. The van der Waals surface area contributed by atoms with Crippen LogP contribution in [0.2, 0.25) is 0 Å². The molecule has 2 amide bonds. The largest absolute Gasteiger partial charge is 0.324 e. The number of nitriles is 1. The van der Waals surface area contributed by atoms with Crippen LogP contribution in [0.1, 0.15) is 32.9 Å². The number of hydrogen-bond donors (Lipinski definition) is 1. The number of anilines is 1. The van der Waals surface area contributed by atoms with E-state index < -0.39 is 6.04 Å². The Morgan fingerprint density at radius 2 is 1.97 bits per heavy atom. The summed E-state index contributed by atoms with van der Waals surface area (Å²) in [5.41, 5.74) is 4.69. The van der Waals surface area contributed by atoms with E-state index in [1.54, 1.807) is 47.0 Å².